The van der Waals surface area contributed by atoms with E-state index >= 15 is 0 Å². The van der Waals surface area contributed by atoms with Gasteiger partial charge in [0.15, 0.2) is 11.6 Å². The topological polar surface area (TPSA) is 43.6 Å². The number of nitrogens with zero attached hydrogens (tertiary/aromatic N) is 4. The van der Waals surface area contributed by atoms with E-state index in [-0.39, 0.29) is 5.41 Å². The first-order valence-electron chi connectivity index (χ1n) is 15.7. The molecule has 218 valence electrons. The third kappa shape index (κ3) is 4.04. The van der Waals surface area contributed by atoms with Crippen LogP contribution >= 0.6 is 0 Å². The van der Waals surface area contributed by atoms with Gasteiger partial charge in [-0.3, -0.25) is 4.57 Å². The highest BCUT2D eigenvalue weighted by Gasteiger charge is 2.35. The molecular weight excluding hydrogens is 560 g/mol. The summed E-state index contributed by atoms with van der Waals surface area (Å²) in [6.45, 7) is 4.65. The maximum atomic E-state index is 5.07. The van der Waals surface area contributed by atoms with Crippen molar-refractivity contribution in [2.24, 2.45) is 0 Å². The number of hydrogen-bond donors (Lipinski definition) is 0. The zero-order valence-electron chi connectivity index (χ0n) is 25.6. The van der Waals surface area contributed by atoms with Gasteiger partial charge in [-0.05, 0) is 57.6 Å². The molecule has 2 aromatic heterocycles. The van der Waals surface area contributed by atoms with E-state index in [1.807, 2.05) is 60.7 Å². The van der Waals surface area contributed by atoms with Gasteiger partial charge in [-0.2, -0.15) is 9.97 Å². The molecule has 0 bridgehead atoms. The molecule has 2 heterocycles. The van der Waals surface area contributed by atoms with Crippen molar-refractivity contribution < 1.29 is 0 Å². The number of rotatable bonds is 4. The van der Waals surface area contributed by atoms with Crippen LogP contribution in [0.5, 0.6) is 0 Å². The van der Waals surface area contributed by atoms with Crippen molar-refractivity contribution in [3.8, 4) is 51.0 Å². The number of benzene rings is 6. The van der Waals surface area contributed by atoms with Crippen LogP contribution in [0, 0.1) is 0 Å². The molecule has 0 amide bonds. The Kier molecular flexibility index (Phi) is 5.81. The van der Waals surface area contributed by atoms with E-state index in [0.29, 0.717) is 17.6 Å². The lowest BCUT2D eigenvalue weighted by Gasteiger charge is -2.21. The fraction of sp³-hybridized carbons (Fsp3) is 0.0714. The van der Waals surface area contributed by atoms with Crippen LogP contribution in [0.4, 0.5) is 0 Å². The molecule has 9 rings (SSSR count). The van der Waals surface area contributed by atoms with Crippen LogP contribution in [0.3, 0.4) is 0 Å². The molecule has 0 spiro atoms. The molecule has 1 aliphatic carbocycles. The molecule has 8 aromatic rings. The quantitative estimate of drug-likeness (QED) is 0.205. The van der Waals surface area contributed by atoms with E-state index < -0.39 is 0 Å². The van der Waals surface area contributed by atoms with Gasteiger partial charge in [0.2, 0.25) is 5.95 Å². The first kappa shape index (κ1) is 26.5. The molecule has 0 aliphatic heterocycles. The smallest absolute Gasteiger partial charge is 0.238 e. The van der Waals surface area contributed by atoms with Gasteiger partial charge >= 0.3 is 0 Å². The second kappa shape index (κ2) is 10.1. The summed E-state index contributed by atoms with van der Waals surface area (Å²) in [4.78, 5) is 15.1. The van der Waals surface area contributed by atoms with E-state index in [4.69, 9.17) is 15.0 Å². The predicted octanol–water partition coefficient (Wildman–Crippen LogP) is 10.3. The molecule has 6 aromatic carbocycles. The summed E-state index contributed by atoms with van der Waals surface area (Å²) in [5, 5.41) is 2.33. The molecule has 0 fully saturated rings. The zero-order valence-corrected chi connectivity index (χ0v) is 25.6. The largest absolute Gasteiger partial charge is 0.278 e. The average molecular weight is 591 g/mol. The van der Waals surface area contributed by atoms with E-state index in [1.165, 1.54) is 33.4 Å². The number of fused-ring (bicyclic) bond motifs is 6. The Morgan fingerprint density at radius 1 is 0.435 bits per heavy atom. The van der Waals surface area contributed by atoms with E-state index in [9.17, 15) is 0 Å². The van der Waals surface area contributed by atoms with Crippen molar-refractivity contribution in [2.75, 3.05) is 0 Å². The summed E-state index contributed by atoms with van der Waals surface area (Å²) in [5.74, 6) is 1.89. The van der Waals surface area contributed by atoms with Crippen LogP contribution in [-0.4, -0.2) is 19.5 Å². The lowest BCUT2D eigenvalue weighted by atomic mass is 9.82. The van der Waals surface area contributed by atoms with Crippen LogP contribution in [0.2, 0.25) is 0 Å². The van der Waals surface area contributed by atoms with Crippen LogP contribution in [0.25, 0.3) is 72.8 Å². The third-order valence-electron chi connectivity index (χ3n) is 9.48. The van der Waals surface area contributed by atoms with Gasteiger partial charge in [-0.25, -0.2) is 4.98 Å². The molecule has 4 nitrogen and oxygen atoms in total. The van der Waals surface area contributed by atoms with Crippen LogP contribution in [0.15, 0.2) is 146 Å². The summed E-state index contributed by atoms with van der Waals surface area (Å²) in [7, 11) is 0. The molecule has 4 heteroatoms. The van der Waals surface area contributed by atoms with Crippen molar-refractivity contribution in [2.45, 2.75) is 19.3 Å². The van der Waals surface area contributed by atoms with Gasteiger partial charge in [0, 0.05) is 27.3 Å². The summed E-state index contributed by atoms with van der Waals surface area (Å²) in [6, 6.07) is 51.3. The van der Waals surface area contributed by atoms with Crippen LogP contribution in [0.1, 0.15) is 25.0 Å². The Morgan fingerprint density at radius 3 is 1.74 bits per heavy atom. The molecule has 0 saturated heterocycles. The molecule has 0 N–H and O–H groups in total. The van der Waals surface area contributed by atoms with Crippen molar-refractivity contribution in [1.29, 1.82) is 0 Å². The highest BCUT2D eigenvalue weighted by Crippen LogP contribution is 2.49. The van der Waals surface area contributed by atoms with Gasteiger partial charge in [-0.1, -0.05) is 135 Å². The van der Waals surface area contributed by atoms with Crippen LogP contribution in [-0.2, 0) is 5.41 Å². The lowest BCUT2D eigenvalue weighted by molar-refractivity contribution is 0.660. The molecule has 46 heavy (non-hydrogen) atoms. The highest BCUT2D eigenvalue weighted by atomic mass is 15.2. The van der Waals surface area contributed by atoms with Crippen LogP contribution < -0.4 is 0 Å². The van der Waals surface area contributed by atoms with E-state index in [1.54, 1.807) is 0 Å². The predicted molar refractivity (Wildman–Crippen MR) is 188 cm³/mol. The van der Waals surface area contributed by atoms with Gasteiger partial charge in [0.25, 0.3) is 0 Å². The van der Waals surface area contributed by atoms with Gasteiger partial charge < -0.3 is 0 Å². The molecule has 0 radical (unpaired) electrons. The Labute approximate surface area is 267 Å². The summed E-state index contributed by atoms with van der Waals surface area (Å²) >= 11 is 0. The Morgan fingerprint density at radius 2 is 1.00 bits per heavy atom. The summed E-state index contributed by atoms with van der Waals surface area (Å²) in [5.41, 5.74) is 11.8. The van der Waals surface area contributed by atoms with E-state index in [0.717, 1.165) is 32.9 Å². The summed E-state index contributed by atoms with van der Waals surface area (Å²) in [6.07, 6.45) is 0. The normalized spacial score (nSPS) is 13.2. The Bertz CT molecular complexity index is 2380. The fourth-order valence-electron chi connectivity index (χ4n) is 7.17. The van der Waals surface area contributed by atoms with Crippen molar-refractivity contribution in [1.82, 2.24) is 19.5 Å². The Hall–Kier alpha value is -5.87. The minimum Gasteiger partial charge on any atom is -0.278 e. The summed E-state index contributed by atoms with van der Waals surface area (Å²) < 4.78 is 2.18. The number of hydrogen-bond acceptors (Lipinski definition) is 3. The van der Waals surface area contributed by atoms with Crippen molar-refractivity contribution in [3.05, 3.63) is 157 Å². The first-order valence-corrected chi connectivity index (χ1v) is 15.7. The van der Waals surface area contributed by atoms with Crippen molar-refractivity contribution in [3.63, 3.8) is 0 Å². The number of para-hydroxylation sites is 1. The molecule has 0 saturated carbocycles. The Balaban J connectivity index is 1.25. The van der Waals surface area contributed by atoms with E-state index in [2.05, 4.69) is 103 Å². The second-order valence-electron chi connectivity index (χ2n) is 12.5. The average Bonchev–Trinajstić information content (AvgIpc) is 3.57. The monoisotopic (exact) mass is 590 g/mol. The molecule has 0 atom stereocenters. The fourth-order valence-corrected chi connectivity index (χ4v) is 7.17. The number of aromatic nitrogens is 4. The van der Waals surface area contributed by atoms with Gasteiger partial charge in [0.05, 0.1) is 11.0 Å². The SMILES string of the molecule is CC1(C)c2ccccc2-c2cc(-c3ccc4c(c3)c3ccccc3n4-c3nc(-c4ccccc4)nc(-c4ccccc4)n3)ccc21. The first-order chi connectivity index (χ1) is 22.6. The van der Waals surface area contributed by atoms with Crippen molar-refractivity contribution >= 4 is 21.8 Å². The molecular formula is C42H30N4. The van der Waals surface area contributed by atoms with Gasteiger partial charge in [-0.15, -0.1) is 0 Å². The maximum absolute atomic E-state index is 5.07. The van der Waals surface area contributed by atoms with Gasteiger partial charge in [0.1, 0.15) is 0 Å². The highest BCUT2D eigenvalue weighted by molar-refractivity contribution is 6.10. The molecule has 0 unspecified atom stereocenters. The second-order valence-corrected chi connectivity index (χ2v) is 12.5. The maximum Gasteiger partial charge on any atom is 0.238 e. The minimum absolute atomic E-state index is 0.0103. The standard InChI is InChI=1S/C42H30N4/c1-42(2)35-19-11-9-17-31(35)33-25-29(21-23-36(33)42)30-22-24-38-34(26-30)32-18-10-12-20-37(32)46(38)41-44-39(27-13-5-3-6-14-27)43-40(45-41)28-15-7-4-8-16-28/h3-26H,1-2H3. The molecule has 1 aliphatic rings. The zero-order chi connectivity index (χ0) is 30.8. The third-order valence-corrected chi connectivity index (χ3v) is 9.48. The lowest BCUT2D eigenvalue weighted by Crippen LogP contribution is -2.14. The minimum atomic E-state index is -0.0103.